The Labute approximate surface area is 179 Å². The summed E-state index contributed by atoms with van der Waals surface area (Å²) in [5.74, 6) is -0.612. The van der Waals surface area contributed by atoms with E-state index in [0.29, 0.717) is 16.8 Å². The van der Waals surface area contributed by atoms with Crippen LogP contribution in [-0.4, -0.2) is 28.8 Å². The highest BCUT2D eigenvalue weighted by Gasteiger charge is 2.34. The lowest BCUT2D eigenvalue weighted by Crippen LogP contribution is -2.27. The average Bonchev–Trinajstić information content (AvgIpc) is 3.35. The number of benzene rings is 3. The number of fused-ring (bicyclic) bond motifs is 2. The van der Waals surface area contributed by atoms with Crippen LogP contribution in [0, 0.1) is 0 Å². The van der Waals surface area contributed by atoms with Gasteiger partial charge in [0.05, 0.1) is 29.2 Å². The molecule has 0 saturated carbocycles. The molecular formula is C23H20N4O3S. The summed E-state index contributed by atoms with van der Waals surface area (Å²) in [4.78, 5) is 12.3. The lowest BCUT2D eigenvalue weighted by molar-refractivity contribution is 0.100. The van der Waals surface area contributed by atoms with E-state index in [-0.39, 0.29) is 18.8 Å². The van der Waals surface area contributed by atoms with Crippen molar-refractivity contribution in [3.8, 4) is 11.3 Å². The van der Waals surface area contributed by atoms with Crippen LogP contribution in [0.2, 0.25) is 0 Å². The van der Waals surface area contributed by atoms with Crippen molar-refractivity contribution in [1.29, 1.82) is 0 Å². The monoisotopic (exact) mass is 432 g/mol. The van der Waals surface area contributed by atoms with Gasteiger partial charge in [0.25, 0.3) is 0 Å². The first-order valence-corrected chi connectivity index (χ1v) is 11.4. The third kappa shape index (κ3) is 3.39. The van der Waals surface area contributed by atoms with E-state index in [1.165, 1.54) is 4.31 Å². The first-order valence-electron chi connectivity index (χ1n) is 9.84. The van der Waals surface area contributed by atoms with E-state index in [2.05, 4.69) is 10.2 Å². The van der Waals surface area contributed by atoms with Gasteiger partial charge in [-0.3, -0.25) is 9.89 Å². The normalized spacial score (nSPS) is 14.1. The van der Waals surface area contributed by atoms with Gasteiger partial charge >= 0.3 is 0 Å². The first kappa shape index (κ1) is 19.5. The molecule has 156 valence electrons. The number of hydrogen-bond donors (Lipinski definition) is 2. The standard InChI is InChI=1S/C23H20N4O3S/c24-23(28)21-17-9-5-4-8-16(17)10-11-18(21)22-19-12-27(13-20(19)25-26-22)31(29,30)14-15-6-2-1-3-7-15/h1-11H,12-14H2,(H2,24,28)(H,25,26). The van der Waals surface area contributed by atoms with Crippen molar-refractivity contribution in [2.45, 2.75) is 18.8 Å². The summed E-state index contributed by atoms with van der Waals surface area (Å²) in [6.45, 7) is 0.415. The molecule has 0 atom stereocenters. The maximum Gasteiger partial charge on any atom is 0.250 e. The van der Waals surface area contributed by atoms with Gasteiger partial charge in [-0.2, -0.15) is 9.40 Å². The van der Waals surface area contributed by atoms with Gasteiger partial charge in [-0.05, 0) is 16.3 Å². The fraction of sp³-hybridized carbons (Fsp3) is 0.130. The number of sulfonamides is 1. The summed E-state index contributed by atoms with van der Waals surface area (Å²) < 4.78 is 27.4. The minimum Gasteiger partial charge on any atom is -0.366 e. The topological polar surface area (TPSA) is 109 Å². The number of aromatic nitrogens is 2. The molecule has 5 rings (SSSR count). The van der Waals surface area contributed by atoms with Gasteiger partial charge in [0, 0.05) is 17.7 Å². The molecule has 7 nitrogen and oxygen atoms in total. The molecule has 4 aromatic rings. The quantitative estimate of drug-likeness (QED) is 0.505. The molecule has 1 aromatic heterocycles. The van der Waals surface area contributed by atoms with Gasteiger partial charge in [0.15, 0.2) is 0 Å². The number of rotatable bonds is 5. The Morgan fingerprint density at radius 3 is 2.52 bits per heavy atom. The Morgan fingerprint density at radius 2 is 1.74 bits per heavy atom. The van der Waals surface area contributed by atoms with E-state index < -0.39 is 15.9 Å². The molecule has 0 saturated heterocycles. The van der Waals surface area contributed by atoms with E-state index in [4.69, 9.17) is 5.73 Å². The van der Waals surface area contributed by atoms with Crippen molar-refractivity contribution in [2.24, 2.45) is 5.73 Å². The van der Waals surface area contributed by atoms with E-state index in [0.717, 1.165) is 27.6 Å². The zero-order chi connectivity index (χ0) is 21.6. The minimum absolute atomic E-state index is 0.0661. The highest BCUT2D eigenvalue weighted by atomic mass is 32.2. The summed E-state index contributed by atoms with van der Waals surface area (Å²) in [5.41, 5.74) is 9.53. The van der Waals surface area contributed by atoms with Crippen LogP contribution < -0.4 is 5.73 Å². The van der Waals surface area contributed by atoms with Crippen molar-refractivity contribution < 1.29 is 13.2 Å². The van der Waals surface area contributed by atoms with Gasteiger partial charge in [-0.25, -0.2) is 8.42 Å². The SMILES string of the molecule is NC(=O)c1c(-c2n[nH]c3c2CN(S(=O)(=O)Cc2ccccc2)C3)ccc2ccccc12. The number of carbonyl (C=O) groups is 1. The van der Waals surface area contributed by atoms with Crippen molar-refractivity contribution in [2.75, 3.05) is 0 Å². The predicted molar refractivity (Wildman–Crippen MR) is 118 cm³/mol. The van der Waals surface area contributed by atoms with Crippen molar-refractivity contribution in [3.63, 3.8) is 0 Å². The fourth-order valence-corrected chi connectivity index (χ4v) is 5.59. The van der Waals surface area contributed by atoms with E-state index in [9.17, 15) is 13.2 Å². The van der Waals surface area contributed by atoms with Crippen LogP contribution in [0.5, 0.6) is 0 Å². The van der Waals surface area contributed by atoms with E-state index in [1.807, 2.05) is 54.6 Å². The second kappa shape index (κ2) is 7.33. The molecule has 1 amide bonds. The number of H-pyrrole nitrogens is 1. The van der Waals surface area contributed by atoms with Crippen LogP contribution in [0.4, 0.5) is 0 Å². The van der Waals surface area contributed by atoms with Crippen LogP contribution >= 0.6 is 0 Å². The summed E-state index contributed by atoms with van der Waals surface area (Å²) in [6, 6.07) is 20.4. The number of carbonyl (C=O) groups excluding carboxylic acids is 1. The summed E-state index contributed by atoms with van der Waals surface area (Å²) >= 11 is 0. The Bertz CT molecular complexity index is 1410. The van der Waals surface area contributed by atoms with Crippen LogP contribution in [0.3, 0.4) is 0 Å². The van der Waals surface area contributed by atoms with E-state index >= 15 is 0 Å². The maximum absolute atomic E-state index is 13.0. The van der Waals surface area contributed by atoms with Gasteiger partial charge in [-0.15, -0.1) is 0 Å². The Balaban J connectivity index is 1.52. The molecule has 0 aliphatic carbocycles. The lowest BCUT2D eigenvalue weighted by Gasteiger charge is -2.16. The largest absolute Gasteiger partial charge is 0.366 e. The molecule has 0 bridgehead atoms. The number of hydrogen-bond acceptors (Lipinski definition) is 4. The highest BCUT2D eigenvalue weighted by Crippen LogP contribution is 2.36. The second-order valence-electron chi connectivity index (χ2n) is 7.61. The molecule has 0 fully saturated rings. The highest BCUT2D eigenvalue weighted by molar-refractivity contribution is 7.88. The number of aromatic amines is 1. The number of nitrogens with one attached hydrogen (secondary N) is 1. The predicted octanol–water partition coefficient (Wildman–Crippen LogP) is 3.17. The Kier molecular flexibility index (Phi) is 4.60. The molecule has 0 spiro atoms. The third-order valence-electron chi connectivity index (χ3n) is 5.64. The number of nitrogens with two attached hydrogens (primary N) is 1. The molecule has 0 radical (unpaired) electrons. The van der Waals surface area contributed by atoms with Crippen molar-refractivity contribution in [1.82, 2.24) is 14.5 Å². The van der Waals surface area contributed by atoms with Crippen molar-refractivity contribution >= 4 is 26.7 Å². The van der Waals surface area contributed by atoms with Crippen LogP contribution in [0.25, 0.3) is 22.0 Å². The smallest absolute Gasteiger partial charge is 0.250 e. The lowest BCUT2D eigenvalue weighted by atomic mass is 9.95. The second-order valence-corrected chi connectivity index (χ2v) is 9.58. The minimum atomic E-state index is -3.52. The van der Waals surface area contributed by atoms with E-state index in [1.54, 1.807) is 12.1 Å². The first-order chi connectivity index (χ1) is 14.9. The number of primary amides is 1. The molecule has 3 N–H and O–H groups in total. The number of amides is 1. The summed E-state index contributed by atoms with van der Waals surface area (Å²) in [6.07, 6.45) is 0. The van der Waals surface area contributed by atoms with Gasteiger partial charge < -0.3 is 5.73 Å². The molecule has 31 heavy (non-hydrogen) atoms. The Morgan fingerprint density at radius 1 is 1.00 bits per heavy atom. The van der Waals surface area contributed by atoms with Gasteiger partial charge in [0.1, 0.15) is 0 Å². The molecule has 2 heterocycles. The molecule has 1 aliphatic heterocycles. The molecule has 8 heteroatoms. The molecule has 3 aromatic carbocycles. The molecular weight excluding hydrogens is 412 g/mol. The van der Waals surface area contributed by atoms with Gasteiger partial charge in [-0.1, -0.05) is 66.7 Å². The number of nitrogens with zero attached hydrogens (tertiary/aromatic N) is 2. The van der Waals surface area contributed by atoms with Crippen molar-refractivity contribution in [3.05, 3.63) is 89.1 Å². The molecule has 1 aliphatic rings. The van der Waals surface area contributed by atoms with Crippen LogP contribution in [-0.2, 0) is 28.9 Å². The molecule has 0 unspecified atom stereocenters. The maximum atomic E-state index is 13.0. The third-order valence-corrected chi connectivity index (χ3v) is 7.38. The zero-order valence-electron chi connectivity index (χ0n) is 16.6. The zero-order valence-corrected chi connectivity index (χ0v) is 17.4. The van der Waals surface area contributed by atoms with Crippen LogP contribution in [0.15, 0.2) is 66.7 Å². The van der Waals surface area contributed by atoms with Crippen LogP contribution in [0.1, 0.15) is 27.2 Å². The fourth-order valence-electron chi connectivity index (χ4n) is 4.14. The summed E-state index contributed by atoms with van der Waals surface area (Å²) in [5, 5.41) is 9.01. The Hall–Kier alpha value is -3.49. The average molecular weight is 433 g/mol. The summed E-state index contributed by atoms with van der Waals surface area (Å²) in [7, 11) is -3.52. The van der Waals surface area contributed by atoms with Gasteiger partial charge in [0.2, 0.25) is 15.9 Å².